The second-order valence-corrected chi connectivity index (χ2v) is 7.42. The third-order valence-electron chi connectivity index (χ3n) is 3.68. The van der Waals surface area contributed by atoms with E-state index in [2.05, 4.69) is 10.6 Å². The molecule has 0 aliphatic carbocycles. The summed E-state index contributed by atoms with van der Waals surface area (Å²) in [7, 11) is -3.35. The number of amides is 2. The number of carbonyl (C=O) groups excluding carboxylic acids is 1. The Balaban J connectivity index is 1.76. The minimum atomic E-state index is -3.35. The maximum Gasteiger partial charge on any atom is 0.323 e. The third-order valence-corrected chi connectivity index (χ3v) is 4.86. The predicted octanol–water partition coefficient (Wildman–Crippen LogP) is 2.79. The summed E-state index contributed by atoms with van der Waals surface area (Å²) in [6.45, 7) is 0.396. The topological polar surface area (TPSA) is 78.5 Å². The van der Waals surface area contributed by atoms with Crippen molar-refractivity contribution in [3.05, 3.63) is 53.8 Å². The fourth-order valence-corrected chi connectivity index (χ4v) is 3.58. The van der Waals surface area contributed by atoms with E-state index in [4.69, 9.17) is 0 Å². The molecule has 24 heavy (non-hydrogen) atoms. The van der Waals surface area contributed by atoms with Gasteiger partial charge in [0.15, 0.2) is 0 Å². The molecule has 0 radical (unpaired) electrons. The monoisotopic (exact) mass is 349 g/mol. The zero-order chi connectivity index (χ0) is 17.3. The fraction of sp³-hybridized carbons (Fsp3) is 0.188. The first kappa shape index (κ1) is 16.3. The summed E-state index contributed by atoms with van der Waals surface area (Å²) in [4.78, 5) is 12.0. The highest BCUT2D eigenvalue weighted by molar-refractivity contribution is 7.92. The first-order chi connectivity index (χ1) is 11.3. The number of nitrogens with zero attached hydrogens (tertiary/aromatic N) is 1. The normalized spacial score (nSPS) is 13.5. The second kappa shape index (κ2) is 6.12. The van der Waals surface area contributed by atoms with Gasteiger partial charge in [-0.05, 0) is 42.3 Å². The Hall–Kier alpha value is -2.61. The number of fused-ring (bicyclic) bond motifs is 1. The number of urea groups is 1. The molecule has 2 amide bonds. The summed E-state index contributed by atoms with van der Waals surface area (Å²) >= 11 is 0. The molecule has 126 valence electrons. The molecule has 8 heteroatoms. The lowest BCUT2D eigenvalue weighted by atomic mass is 10.1. The fourth-order valence-electron chi connectivity index (χ4n) is 2.63. The van der Waals surface area contributed by atoms with Crippen LogP contribution in [0.25, 0.3) is 0 Å². The lowest BCUT2D eigenvalue weighted by molar-refractivity contribution is 0.262. The zero-order valence-corrected chi connectivity index (χ0v) is 13.7. The van der Waals surface area contributed by atoms with Crippen LogP contribution in [0, 0.1) is 5.82 Å². The molecule has 2 N–H and O–H groups in total. The van der Waals surface area contributed by atoms with Crippen LogP contribution in [0.15, 0.2) is 42.5 Å². The van der Waals surface area contributed by atoms with Gasteiger partial charge in [0.25, 0.3) is 0 Å². The van der Waals surface area contributed by atoms with Crippen LogP contribution >= 0.6 is 0 Å². The molecule has 0 saturated heterocycles. The van der Waals surface area contributed by atoms with Crippen LogP contribution < -0.4 is 14.9 Å². The van der Waals surface area contributed by atoms with Crippen molar-refractivity contribution in [2.45, 2.75) is 6.42 Å². The average molecular weight is 349 g/mol. The van der Waals surface area contributed by atoms with Crippen LogP contribution in [0.3, 0.4) is 0 Å². The SMILES string of the molecule is CS(=O)(=O)N1CCc2ccc(NC(=O)Nc3cccc(F)c3)cc21. The highest BCUT2D eigenvalue weighted by Crippen LogP contribution is 2.32. The van der Waals surface area contributed by atoms with Crippen LogP contribution in [-0.4, -0.2) is 27.2 Å². The lowest BCUT2D eigenvalue weighted by Gasteiger charge is -2.17. The number of hydrogen-bond acceptors (Lipinski definition) is 3. The van der Waals surface area contributed by atoms with Crippen molar-refractivity contribution in [2.24, 2.45) is 0 Å². The molecular weight excluding hydrogens is 333 g/mol. The van der Waals surface area contributed by atoms with Crippen molar-refractivity contribution in [3.63, 3.8) is 0 Å². The van der Waals surface area contributed by atoms with Gasteiger partial charge in [-0.25, -0.2) is 17.6 Å². The number of anilines is 3. The Labute approximate surface area is 139 Å². The van der Waals surface area contributed by atoms with E-state index in [1.54, 1.807) is 24.3 Å². The molecule has 0 fully saturated rings. The van der Waals surface area contributed by atoms with Crippen LogP contribution in [0.1, 0.15) is 5.56 Å². The first-order valence-electron chi connectivity index (χ1n) is 7.27. The van der Waals surface area contributed by atoms with E-state index in [9.17, 15) is 17.6 Å². The molecule has 3 rings (SSSR count). The molecule has 0 aromatic heterocycles. The zero-order valence-electron chi connectivity index (χ0n) is 12.9. The molecule has 0 unspecified atom stereocenters. The van der Waals surface area contributed by atoms with E-state index in [1.165, 1.54) is 22.5 Å². The number of nitrogens with one attached hydrogen (secondary N) is 2. The summed E-state index contributed by atoms with van der Waals surface area (Å²) in [6, 6.07) is 10.1. The maximum absolute atomic E-state index is 13.1. The molecule has 0 bridgehead atoms. The number of benzene rings is 2. The lowest BCUT2D eigenvalue weighted by Crippen LogP contribution is -2.27. The molecule has 0 spiro atoms. The standard InChI is InChI=1S/C16H16FN3O3S/c1-24(22,23)20-8-7-11-5-6-14(10-15(11)20)19-16(21)18-13-4-2-3-12(17)9-13/h2-6,9-10H,7-8H2,1H3,(H2,18,19,21). The van der Waals surface area contributed by atoms with Gasteiger partial charge in [0.05, 0.1) is 11.9 Å². The van der Waals surface area contributed by atoms with Crippen LogP contribution in [0.4, 0.5) is 26.2 Å². The van der Waals surface area contributed by atoms with E-state index in [-0.39, 0.29) is 0 Å². The van der Waals surface area contributed by atoms with Gasteiger partial charge in [-0.3, -0.25) is 4.31 Å². The van der Waals surface area contributed by atoms with E-state index >= 15 is 0 Å². The largest absolute Gasteiger partial charge is 0.323 e. The summed E-state index contributed by atoms with van der Waals surface area (Å²) in [5, 5.41) is 5.14. The van der Waals surface area contributed by atoms with Gasteiger partial charge in [-0.1, -0.05) is 12.1 Å². The van der Waals surface area contributed by atoms with Crippen molar-refractivity contribution < 1.29 is 17.6 Å². The molecule has 0 saturated carbocycles. The Morgan fingerprint density at radius 1 is 1.12 bits per heavy atom. The Morgan fingerprint density at radius 3 is 2.50 bits per heavy atom. The first-order valence-corrected chi connectivity index (χ1v) is 9.12. The molecule has 1 aliphatic heterocycles. The van der Waals surface area contributed by atoms with E-state index < -0.39 is 21.9 Å². The maximum atomic E-state index is 13.1. The van der Waals surface area contributed by atoms with E-state index in [0.717, 1.165) is 11.8 Å². The number of carbonyl (C=O) groups is 1. The molecule has 2 aromatic rings. The molecular formula is C16H16FN3O3S. The summed E-state index contributed by atoms with van der Waals surface area (Å²) in [6.07, 6.45) is 1.79. The number of sulfonamides is 1. The van der Waals surface area contributed by atoms with Crippen LogP contribution in [-0.2, 0) is 16.4 Å². The van der Waals surface area contributed by atoms with Crippen molar-refractivity contribution in [1.29, 1.82) is 0 Å². The van der Waals surface area contributed by atoms with Gasteiger partial charge < -0.3 is 10.6 Å². The van der Waals surface area contributed by atoms with Gasteiger partial charge in [0.1, 0.15) is 5.82 Å². The van der Waals surface area contributed by atoms with Gasteiger partial charge in [-0.15, -0.1) is 0 Å². The smallest absolute Gasteiger partial charge is 0.308 e. The Morgan fingerprint density at radius 2 is 1.83 bits per heavy atom. The number of rotatable bonds is 3. The van der Waals surface area contributed by atoms with Crippen molar-refractivity contribution in [1.82, 2.24) is 0 Å². The number of halogens is 1. The summed E-state index contributed by atoms with van der Waals surface area (Å²) in [5.74, 6) is -0.450. The van der Waals surface area contributed by atoms with Gasteiger partial charge >= 0.3 is 6.03 Å². The molecule has 0 atom stereocenters. The van der Waals surface area contributed by atoms with Crippen molar-refractivity contribution >= 4 is 33.1 Å². The molecule has 6 nitrogen and oxygen atoms in total. The van der Waals surface area contributed by atoms with E-state index in [0.29, 0.717) is 30.0 Å². The van der Waals surface area contributed by atoms with Gasteiger partial charge in [0.2, 0.25) is 10.0 Å². The predicted molar refractivity (Wildman–Crippen MR) is 91.4 cm³/mol. The summed E-state index contributed by atoms with van der Waals surface area (Å²) in [5.41, 5.74) is 2.27. The molecule has 2 aromatic carbocycles. The average Bonchev–Trinajstić information content (AvgIpc) is 2.90. The molecule has 1 aliphatic rings. The quantitative estimate of drug-likeness (QED) is 0.894. The Bertz CT molecular complexity index is 899. The molecule has 1 heterocycles. The summed E-state index contributed by atoms with van der Waals surface area (Å²) < 4.78 is 38.0. The van der Waals surface area contributed by atoms with Gasteiger partial charge in [-0.2, -0.15) is 0 Å². The second-order valence-electron chi connectivity index (χ2n) is 5.52. The third kappa shape index (κ3) is 3.48. The van der Waals surface area contributed by atoms with Crippen LogP contribution in [0.2, 0.25) is 0 Å². The van der Waals surface area contributed by atoms with Gasteiger partial charge in [0, 0.05) is 17.9 Å². The van der Waals surface area contributed by atoms with Crippen molar-refractivity contribution in [3.8, 4) is 0 Å². The highest BCUT2D eigenvalue weighted by atomic mass is 32.2. The number of hydrogen-bond donors (Lipinski definition) is 2. The Kier molecular flexibility index (Phi) is 4.15. The minimum Gasteiger partial charge on any atom is -0.308 e. The highest BCUT2D eigenvalue weighted by Gasteiger charge is 2.26. The van der Waals surface area contributed by atoms with Crippen LogP contribution in [0.5, 0.6) is 0 Å². The van der Waals surface area contributed by atoms with Crippen molar-refractivity contribution in [2.75, 3.05) is 27.7 Å². The minimum absolute atomic E-state index is 0.325. The van der Waals surface area contributed by atoms with E-state index in [1.807, 2.05) is 0 Å².